The van der Waals surface area contributed by atoms with Crippen LogP contribution in [0.4, 0.5) is 4.39 Å². The van der Waals surface area contributed by atoms with Crippen molar-refractivity contribution in [3.63, 3.8) is 0 Å². The molecule has 0 aliphatic heterocycles. The largest absolute Gasteiger partial charge is 0.382 e. The molecule has 3 aromatic carbocycles. The van der Waals surface area contributed by atoms with Gasteiger partial charge in [-0.3, -0.25) is 4.79 Å². The van der Waals surface area contributed by atoms with E-state index < -0.39 is 21.7 Å². The zero-order valence-corrected chi connectivity index (χ0v) is 15.3. The summed E-state index contributed by atoms with van der Waals surface area (Å²) < 4.78 is 42.5. The predicted molar refractivity (Wildman–Crippen MR) is 101 cm³/mol. The second kappa shape index (κ2) is 8.03. The summed E-state index contributed by atoms with van der Waals surface area (Å²) in [5.74, 6) is -1.08. The van der Waals surface area contributed by atoms with E-state index in [4.69, 9.17) is 9.44 Å². The molecule has 0 atom stereocenters. The second-order valence-electron chi connectivity index (χ2n) is 5.96. The minimum atomic E-state index is -3.94. The number of carbonyl (C=O) groups excluding carboxylic acids is 1. The molecule has 3 aromatic rings. The summed E-state index contributed by atoms with van der Waals surface area (Å²) in [7, 11) is -3.94. The minimum Gasteiger partial charge on any atom is -0.382 e. The molecular weight excluding hydrogens is 381 g/mol. The van der Waals surface area contributed by atoms with Crippen LogP contribution in [0.3, 0.4) is 0 Å². The normalized spacial score (nSPS) is 10.9. The van der Waals surface area contributed by atoms with E-state index in [1.807, 2.05) is 6.07 Å². The monoisotopic (exact) mass is 395 g/mol. The van der Waals surface area contributed by atoms with Crippen molar-refractivity contribution in [2.75, 3.05) is 0 Å². The Bertz CT molecular complexity index is 1150. The molecule has 0 saturated heterocycles. The van der Waals surface area contributed by atoms with Crippen LogP contribution in [0.1, 0.15) is 27.0 Å². The van der Waals surface area contributed by atoms with Crippen molar-refractivity contribution < 1.29 is 21.8 Å². The van der Waals surface area contributed by atoms with E-state index in [-0.39, 0.29) is 11.5 Å². The molecule has 0 aromatic heterocycles. The quantitative estimate of drug-likeness (QED) is 0.468. The highest BCUT2D eigenvalue weighted by atomic mass is 32.2. The van der Waals surface area contributed by atoms with Crippen LogP contribution in [0, 0.1) is 17.1 Å². The fourth-order valence-corrected chi connectivity index (χ4v) is 3.59. The molecule has 0 aliphatic rings. The van der Waals surface area contributed by atoms with Gasteiger partial charge in [-0.1, -0.05) is 12.1 Å². The summed E-state index contributed by atoms with van der Waals surface area (Å²) >= 11 is 0. The van der Waals surface area contributed by atoms with Crippen molar-refractivity contribution in [1.82, 2.24) is 0 Å². The van der Waals surface area contributed by atoms with Gasteiger partial charge < -0.3 is 4.18 Å². The number of rotatable bonds is 6. The van der Waals surface area contributed by atoms with Crippen LogP contribution in [-0.2, 0) is 15.9 Å². The molecule has 0 unspecified atom stereocenters. The van der Waals surface area contributed by atoms with Crippen molar-refractivity contribution >= 4 is 15.9 Å². The molecule has 0 aliphatic carbocycles. The molecule has 0 heterocycles. The van der Waals surface area contributed by atoms with Gasteiger partial charge in [0.1, 0.15) is 17.3 Å². The van der Waals surface area contributed by atoms with E-state index in [0.717, 1.165) is 0 Å². The maximum absolute atomic E-state index is 13.0. The van der Waals surface area contributed by atoms with E-state index in [9.17, 15) is 17.6 Å². The first-order valence-corrected chi connectivity index (χ1v) is 9.75. The third-order valence-electron chi connectivity index (χ3n) is 3.85. The van der Waals surface area contributed by atoms with E-state index >= 15 is 0 Å². The van der Waals surface area contributed by atoms with Gasteiger partial charge in [-0.25, -0.2) is 4.39 Å². The SMILES string of the molecule is N#Cc1cccc(CS(=O)(=O)Oc2ccc(C(=O)c3ccc(F)cc3)cc2)c1. The van der Waals surface area contributed by atoms with Gasteiger partial charge in [-0.2, -0.15) is 13.7 Å². The van der Waals surface area contributed by atoms with Crippen molar-refractivity contribution in [2.45, 2.75) is 5.75 Å². The van der Waals surface area contributed by atoms with E-state index in [1.54, 1.807) is 18.2 Å². The summed E-state index contributed by atoms with van der Waals surface area (Å²) in [6, 6.07) is 19.0. The molecule has 140 valence electrons. The zero-order chi connectivity index (χ0) is 20.1. The van der Waals surface area contributed by atoms with Crippen LogP contribution >= 0.6 is 0 Å². The number of nitrogens with zero attached hydrogens (tertiary/aromatic N) is 1. The average molecular weight is 395 g/mol. The minimum absolute atomic E-state index is 0.0621. The van der Waals surface area contributed by atoms with Crippen molar-refractivity contribution in [3.8, 4) is 11.8 Å². The standard InChI is InChI=1S/C21H14FNO4S/c22-19-8-4-17(5-9-19)21(24)18-6-10-20(11-7-18)27-28(25,26)14-16-3-1-2-15(12-16)13-23/h1-12H,14H2. The molecule has 3 rings (SSSR count). The van der Waals surface area contributed by atoms with Crippen molar-refractivity contribution in [1.29, 1.82) is 5.26 Å². The first-order chi connectivity index (χ1) is 13.4. The predicted octanol–water partition coefficient (Wildman–Crippen LogP) is 3.84. The molecule has 5 nitrogen and oxygen atoms in total. The average Bonchev–Trinajstić information content (AvgIpc) is 2.68. The molecule has 7 heteroatoms. The van der Waals surface area contributed by atoms with Crippen LogP contribution in [0.5, 0.6) is 5.75 Å². The number of hydrogen-bond acceptors (Lipinski definition) is 5. The van der Waals surface area contributed by atoms with Gasteiger partial charge >= 0.3 is 10.1 Å². The van der Waals surface area contributed by atoms with Gasteiger partial charge in [-0.05, 0) is 66.2 Å². The lowest BCUT2D eigenvalue weighted by Gasteiger charge is -2.08. The summed E-state index contributed by atoms with van der Waals surface area (Å²) in [5.41, 5.74) is 1.43. The van der Waals surface area contributed by atoms with Gasteiger partial charge in [0.05, 0.1) is 11.6 Å². The lowest BCUT2D eigenvalue weighted by molar-refractivity contribution is 0.103. The Balaban J connectivity index is 1.71. The Morgan fingerprint density at radius 3 is 2.18 bits per heavy atom. The Labute approximate surface area is 161 Å². The molecule has 0 saturated carbocycles. The Morgan fingerprint density at radius 1 is 0.964 bits per heavy atom. The maximum Gasteiger partial charge on any atom is 0.313 e. The van der Waals surface area contributed by atoms with Gasteiger partial charge in [-0.15, -0.1) is 0 Å². The molecular formula is C21H14FNO4S. The number of carbonyl (C=O) groups is 1. The second-order valence-corrected chi connectivity index (χ2v) is 7.53. The lowest BCUT2D eigenvalue weighted by Crippen LogP contribution is -2.12. The van der Waals surface area contributed by atoms with Gasteiger partial charge in [0.25, 0.3) is 0 Å². The number of hydrogen-bond donors (Lipinski definition) is 0. The summed E-state index contributed by atoms with van der Waals surface area (Å²) in [4.78, 5) is 12.3. The Hall–Kier alpha value is -3.50. The molecule has 0 spiro atoms. The van der Waals surface area contributed by atoms with Crippen LogP contribution in [0.15, 0.2) is 72.8 Å². The molecule has 0 bridgehead atoms. The van der Waals surface area contributed by atoms with Crippen molar-refractivity contribution in [3.05, 3.63) is 101 Å². The van der Waals surface area contributed by atoms with Crippen molar-refractivity contribution in [2.24, 2.45) is 0 Å². The van der Waals surface area contributed by atoms with Crippen LogP contribution in [0.25, 0.3) is 0 Å². The van der Waals surface area contributed by atoms with Gasteiger partial charge in [0.2, 0.25) is 0 Å². The third kappa shape index (κ3) is 4.81. The molecule has 0 radical (unpaired) electrons. The van der Waals surface area contributed by atoms with Crippen LogP contribution in [-0.4, -0.2) is 14.2 Å². The van der Waals surface area contributed by atoms with E-state index in [2.05, 4.69) is 0 Å². The number of benzene rings is 3. The third-order valence-corrected chi connectivity index (χ3v) is 4.98. The highest BCUT2D eigenvalue weighted by Crippen LogP contribution is 2.19. The highest BCUT2D eigenvalue weighted by molar-refractivity contribution is 7.86. The Kier molecular flexibility index (Phi) is 5.52. The molecule has 0 fully saturated rings. The topological polar surface area (TPSA) is 84.2 Å². The van der Waals surface area contributed by atoms with E-state index in [1.165, 1.54) is 54.6 Å². The van der Waals surface area contributed by atoms with Crippen LogP contribution < -0.4 is 4.18 Å². The zero-order valence-electron chi connectivity index (χ0n) is 14.5. The summed E-state index contributed by atoms with van der Waals surface area (Å²) in [6.07, 6.45) is 0. The van der Waals surface area contributed by atoms with E-state index in [0.29, 0.717) is 22.3 Å². The first-order valence-electron chi connectivity index (χ1n) is 8.18. The molecule has 28 heavy (non-hydrogen) atoms. The fraction of sp³-hybridized carbons (Fsp3) is 0.0476. The number of ketones is 1. The molecule has 0 amide bonds. The maximum atomic E-state index is 13.0. The van der Waals surface area contributed by atoms with Gasteiger partial charge in [0.15, 0.2) is 5.78 Å². The lowest BCUT2D eigenvalue weighted by atomic mass is 10.0. The fourth-order valence-electron chi connectivity index (χ4n) is 2.54. The Morgan fingerprint density at radius 2 is 1.57 bits per heavy atom. The number of nitriles is 1. The smallest absolute Gasteiger partial charge is 0.313 e. The number of halogens is 1. The highest BCUT2D eigenvalue weighted by Gasteiger charge is 2.16. The van der Waals surface area contributed by atoms with Crippen LogP contribution in [0.2, 0.25) is 0 Å². The summed E-state index contributed by atoms with van der Waals surface area (Å²) in [6.45, 7) is 0. The summed E-state index contributed by atoms with van der Waals surface area (Å²) in [5, 5.41) is 8.89. The van der Waals surface area contributed by atoms with Gasteiger partial charge in [0, 0.05) is 11.1 Å². The molecule has 0 N–H and O–H groups in total. The first kappa shape index (κ1) is 19.3.